The topological polar surface area (TPSA) is 123 Å². The zero-order valence-electron chi connectivity index (χ0n) is 15.0. The van der Waals surface area contributed by atoms with E-state index in [2.05, 4.69) is 40.1 Å². The fraction of sp³-hybridized carbons (Fsp3) is 0.158. The number of esters is 1. The molecular formula is C19H24N4O4S. The Labute approximate surface area is 168 Å². The van der Waals surface area contributed by atoms with Gasteiger partial charge in [-0.3, -0.25) is 9.59 Å². The molecule has 1 aromatic rings. The van der Waals surface area contributed by atoms with Crippen molar-refractivity contribution in [2.45, 2.75) is 14.4 Å². The van der Waals surface area contributed by atoms with E-state index in [0.717, 1.165) is 12.7 Å². The number of nitrogens with zero attached hydrogens (tertiary/aromatic N) is 1. The summed E-state index contributed by atoms with van der Waals surface area (Å²) >= 11 is 1.25. The molecular weight excluding hydrogens is 380 g/mol. The molecule has 1 rings (SSSR count). The molecule has 0 fully saturated rings. The summed E-state index contributed by atoms with van der Waals surface area (Å²) < 4.78 is 4.41. The van der Waals surface area contributed by atoms with Crippen molar-refractivity contribution in [3.8, 4) is 0 Å². The molecule has 0 aromatic carbocycles. The van der Waals surface area contributed by atoms with Crippen LogP contribution in [0.5, 0.6) is 0 Å². The van der Waals surface area contributed by atoms with Crippen LogP contribution in [0.1, 0.15) is 29.8 Å². The van der Waals surface area contributed by atoms with Crippen molar-refractivity contribution in [3.63, 3.8) is 0 Å². The first-order valence-corrected chi connectivity index (χ1v) is 8.41. The first-order valence-electron chi connectivity index (χ1n) is 7.53. The average molecular weight is 404 g/mol. The molecule has 9 heteroatoms. The Balaban J connectivity index is 0.00000729. The molecule has 0 aliphatic heterocycles. The number of amides is 2. The lowest BCUT2D eigenvalue weighted by atomic mass is 10.2. The molecule has 1 aromatic heterocycles. The molecule has 0 bridgehead atoms. The molecule has 0 aliphatic carbocycles. The van der Waals surface area contributed by atoms with Crippen LogP contribution in [0.25, 0.3) is 5.57 Å². The van der Waals surface area contributed by atoms with Crippen LogP contribution in [0.2, 0.25) is 0 Å². The van der Waals surface area contributed by atoms with E-state index in [1.165, 1.54) is 16.7 Å². The lowest BCUT2D eigenvalue weighted by Crippen LogP contribution is -2.35. The van der Waals surface area contributed by atoms with Gasteiger partial charge in [-0.25, -0.2) is 9.78 Å². The fourth-order valence-corrected chi connectivity index (χ4v) is 2.50. The molecule has 0 unspecified atom stereocenters. The lowest BCUT2D eigenvalue weighted by molar-refractivity contribution is -0.137. The lowest BCUT2D eigenvalue weighted by Gasteiger charge is -2.09. The third-order valence-electron chi connectivity index (χ3n) is 3.01. The second-order valence-electron chi connectivity index (χ2n) is 5.05. The van der Waals surface area contributed by atoms with Gasteiger partial charge in [0, 0.05) is 16.7 Å². The number of nitrogens with one attached hydrogen (secondary N) is 2. The Morgan fingerprint density at radius 2 is 1.82 bits per heavy atom. The maximum atomic E-state index is 12.2. The molecule has 0 spiro atoms. The monoisotopic (exact) mass is 404 g/mol. The van der Waals surface area contributed by atoms with Gasteiger partial charge in [0.25, 0.3) is 11.8 Å². The quantitative estimate of drug-likeness (QED) is 0.347. The molecule has 0 aliphatic rings. The largest absolute Gasteiger partial charge is 0.464 e. The average Bonchev–Trinajstić information content (AvgIpc) is 3.11. The van der Waals surface area contributed by atoms with Gasteiger partial charge in [0.1, 0.15) is 16.4 Å². The normalized spacial score (nSPS) is 10.6. The number of carbonyl (C=O) groups excluding carboxylic acids is 3. The number of carbonyl (C=O) groups is 3. The van der Waals surface area contributed by atoms with E-state index in [9.17, 15) is 14.4 Å². The standard InChI is InChI=1S/C18H20N4O4S.CH4/c1-6-13(8-7-10(2)19)17-22-14(9-27-17)16(24)20-11(3)15(23)21-12(4)18(25)26-5;/h6-9H,2-4,19H2,1,5H3,(H,20,24)(H,21,23);1H4/b8-7-,13-6+;. The van der Waals surface area contributed by atoms with Crippen molar-refractivity contribution >= 4 is 34.7 Å². The molecule has 8 nitrogen and oxygen atoms in total. The van der Waals surface area contributed by atoms with Crippen molar-refractivity contribution < 1.29 is 19.1 Å². The summed E-state index contributed by atoms with van der Waals surface area (Å²) in [6.07, 6.45) is 5.16. The highest BCUT2D eigenvalue weighted by atomic mass is 32.1. The smallest absolute Gasteiger partial charge is 0.353 e. The summed E-state index contributed by atoms with van der Waals surface area (Å²) in [6.45, 7) is 12.2. The Morgan fingerprint density at radius 3 is 2.36 bits per heavy atom. The van der Waals surface area contributed by atoms with Crippen molar-refractivity contribution in [2.75, 3.05) is 7.11 Å². The van der Waals surface area contributed by atoms with Crippen LogP contribution in [0.3, 0.4) is 0 Å². The van der Waals surface area contributed by atoms with Crippen molar-refractivity contribution in [1.82, 2.24) is 15.6 Å². The van der Waals surface area contributed by atoms with Gasteiger partial charge in [-0.05, 0) is 13.0 Å². The number of rotatable bonds is 8. The zero-order chi connectivity index (χ0) is 20.6. The third-order valence-corrected chi connectivity index (χ3v) is 3.90. The number of hydrogen-bond acceptors (Lipinski definition) is 7. The number of aromatic nitrogens is 1. The van der Waals surface area contributed by atoms with E-state index < -0.39 is 17.8 Å². The van der Waals surface area contributed by atoms with Gasteiger partial charge in [0.15, 0.2) is 0 Å². The van der Waals surface area contributed by atoms with Crippen LogP contribution in [0.4, 0.5) is 0 Å². The molecule has 0 atom stereocenters. The summed E-state index contributed by atoms with van der Waals surface area (Å²) in [7, 11) is 1.15. The van der Waals surface area contributed by atoms with Crippen molar-refractivity contribution in [1.29, 1.82) is 0 Å². The van der Waals surface area contributed by atoms with Gasteiger partial charge >= 0.3 is 5.97 Å². The van der Waals surface area contributed by atoms with Gasteiger partial charge in [0.2, 0.25) is 0 Å². The predicted octanol–water partition coefficient (Wildman–Crippen LogP) is 2.26. The Bertz CT molecular complexity index is 865. The van der Waals surface area contributed by atoms with Crippen molar-refractivity contribution in [2.24, 2.45) is 5.73 Å². The highest BCUT2D eigenvalue weighted by Gasteiger charge is 2.18. The first kappa shape index (κ1) is 24.5. The van der Waals surface area contributed by atoms with Gasteiger partial charge in [0.05, 0.1) is 12.8 Å². The van der Waals surface area contributed by atoms with E-state index >= 15 is 0 Å². The number of nitrogens with two attached hydrogens (primary N) is 1. The summed E-state index contributed by atoms with van der Waals surface area (Å²) in [5.41, 5.74) is 6.20. The summed E-state index contributed by atoms with van der Waals surface area (Å²) in [5.74, 6) is -2.23. The van der Waals surface area contributed by atoms with E-state index in [0.29, 0.717) is 10.7 Å². The molecule has 28 heavy (non-hydrogen) atoms. The summed E-state index contributed by atoms with van der Waals surface area (Å²) in [5, 5.41) is 6.61. The summed E-state index contributed by atoms with van der Waals surface area (Å²) in [4.78, 5) is 39.6. The molecule has 150 valence electrons. The van der Waals surface area contributed by atoms with Gasteiger partial charge in [-0.15, -0.1) is 11.3 Å². The number of allylic oxidation sites excluding steroid dienone is 4. The molecule has 0 radical (unpaired) electrons. The van der Waals surface area contributed by atoms with Gasteiger partial charge in [-0.1, -0.05) is 39.3 Å². The minimum atomic E-state index is -0.807. The maximum absolute atomic E-state index is 12.2. The van der Waals surface area contributed by atoms with Crippen LogP contribution < -0.4 is 16.4 Å². The maximum Gasteiger partial charge on any atom is 0.353 e. The molecule has 2 amide bonds. The van der Waals surface area contributed by atoms with E-state index in [1.54, 1.807) is 12.2 Å². The second kappa shape index (κ2) is 11.3. The van der Waals surface area contributed by atoms with E-state index in [1.807, 2.05) is 13.0 Å². The number of thiazole rings is 1. The predicted molar refractivity (Wildman–Crippen MR) is 111 cm³/mol. The van der Waals surface area contributed by atoms with Crippen molar-refractivity contribution in [3.05, 3.63) is 71.1 Å². The van der Waals surface area contributed by atoms with Gasteiger partial charge in [-0.2, -0.15) is 0 Å². The van der Waals surface area contributed by atoms with Crippen LogP contribution >= 0.6 is 11.3 Å². The summed E-state index contributed by atoms with van der Waals surface area (Å²) in [6, 6.07) is 0. The minimum Gasteiger partial charge on any atom is -0.464 e. The Kier molecular flexibility index (Phi) is 9.90. The van der Waals surface area contributed by atoms with E-state index in [4.69, 9.17) is 5.73 Å². The minimum absolute atomic E-state index is 0. The molecule has 4 N–H and O–H groups in total. The number of hydrogen-bond donors (Lipinski definition) is 3. The van der Waals surface area contributed by atoms with Crippen LogP contribution in [0, 0.1) is 0 Å². The number of ether oxygens (including phenoxy) is 1. The Morgan fingerprint density at radius 1 is 1.18 bits per heavy atom. The Hall–Kier alpha value is -3.46. The SMILES string of the molecule is C.C=C(N)/C=C\C(=C/C)c1nc(C(=O)NC(=C)C(=O)NC(=C)C(=O)OC)cs1. The van der Waals surface area contributed by atoms with E-state index in [-0.39, 0.29) is 24.5 Å². The highest BCUT2D eigenvalue weighted by molar-refractivity contribution is 7.11. The van der Waals surface area contributed by atoms with Gasteiger partial charge < -0.3 is 21.1 Å². The molecule has 0 saturated heterocycles. The molecule has 1 heterocycles. The third kappa shape index (κ3) is 7.04. The second-order valence-corrected chi connectivity index (χ2v) is 5.91. The first-order chi connectivity index (χ1) is 12.7. The number of methoxy groups -OCH3 is 1. The van der Waals surface area contributed by atoms with Crippen LogP contribution in [-0.4, -0.2) is 29.9 Å². The molecule has 0 saturated carbocycles. The van der Waals surface area contributed by atoms with Crippen LogP contribution in [-0.2, 0) is 14.3 Å². The van der Waals surface area contributed by atoms with Crippen LogP contribution in [0.15, 0.2) is 60.4 Å². The highest BCUT2D eigenvalue weighted by Crippen LogP contribution is 2.21. The zero-order valence-corrected chi connectivity index (χ0v) is 15.8. The fourth-order valence-electron chi connectivity index (χ4n) is 1.64.